The number of carbonyl (C=O) groups is 2. The summed E-state index contributed by atoms with van der Waals surface area (Å²) in [5.41, 5.74) is -2.35. The van der Waals surface area contributed by atoms with Gasteiger partial charge in [-0.05, 0) is 75.2 Å². The first-order valence-electron chi connectivity index (χ1n) is 17.1. The van der Waals surface area contributed by atoms with Gasteiger partial charge in [0.15, 0.2) is 34.9 Å². The molecule has 0 spiro atoms. The predicted molar refractivity (Wildman–Crippen MR) is 203 cm³/mol. The molecule has 12 nitrogen and oxygen atoms in total. The third-order valence-corrected chi connectivity index (χ3v) is 11.7. The second kappa shape index (κ2) is 21.2. The van der Waals surface area contributed by atoms with E-state index in [4.69, 9.17) is 15.8 Å². The maximum absolute atomic E-state index is 14.1. The third kappa shape index (κ3) is 13.1. The normalized spacial score (nSPS) is 15.1. The van der Waals surface area contributed by atoms with Gasteiger partial charge in [-0.3, -0.25) is 9.59 Å². The number of piperidine rings is 2. The molecule has 2 saturated heterocycles. The van der Waals surface area contributed by atoms with E-state index in [0.717, 1.165) is 54.5 Å². The minimum absolute atomic E-state index is 0. The predicted octanol–water partition coefficient (Wildman–Crippen LogP) is 6.43. The molecular weight excluding hydrogens is 880 g/mol. The number of nitrogens with zero attached hydrogens (tertiary/aromatic N) is 1. The lowest BCUT2D eigenvalue weighted by atomic mass is 10.1. The fourth-order valence-electron chi connectivity index (χ4n) is 5.36. The summed E-state index contributed by atoms with van der Waals surface area (Å²) in [4.78, 5) is 23.3. The second-order valence-corrected chi connectivity index (χ2v) is 17.3. The summed E-state index contributed by atoms with van der Waals surface area (Å²) in [6, 6.07) is 6.75. The number of halogens is 9. The average molecular weight is 917 g/mol. The molecule has 2 aliphatic heterocycles. The molecule has 23 heteroatoms. The molecule has 0 atom stereocenters. The second-order valence-electron chi connectivity index (χ2n) is 12.8. The molecular formula is C37H37ClF8N4O8S2. The number of benzene rings is 4. The Labute approximate surface area is 343 Å². The van der Waals surface area contributed by atoms with Gasteiger partial charge in [-0.25, -0.2) is 52.0 Å². The average Bonchev–Trinajstić information content (AvgIpc) is 3.16. The largest absolute Gasteiger partial charge is 0.393 e. The summed E-state index contributed by atoms with van der Waals surface area (Å²) in [7, 11) is -3.17. The number of hydrogen-bond acceptors (Lipinski definition) is 9. The fraction of sp³-hybridized carbons (Fsp3) is 0.297. The number of amides is 2. The van der Waals surface area contributed by atoms with Crippen molar-refractivity contribution in [3.8, 4) is 0 Å². The van der Waals surface area contributed by atoms with Gasteiger partial charge in [-0.2, -0.15) is 4.31 Å². The summed E-state index contributed by atoms with van der Waals surface area (Å²) in [6.45, 7) is 2.11. The van der Waals surface area contributed by atoms with E-state index in [2.05, 4.69) is 5.32 Å². The van der Waals surface area contributed by atoms with E-state index in [9.17, 15) is 66.7 Å². The number of aliphatic hydroxyl groups is 2. The summed E-state index contributed by atoms with van der Waals surface area (Å²) in [6.07, 6.45) is 1.72. The Bertz CT molecular complexity index is 2370. The van der Waals surface area contributed by atoms with Gasteiger partial charge in [0.25, 0.3) is 20.9 Å². The molecule has 60 heavy (non-hydrogen) atoms. The summed E-state index contributed by atoms with van der Waals surface area (Å²) >= 11 is 0. The highest BCUT2D eigenvalue weighted by Gasteiger charge is 2.30. The van der Waals surface area contributed by atoms with Crippen molar-refractivity contribution in [2.45, 2.75) is 55.1 Å². The number of sulfonamides is 1. The van der Waals surface area contributed by atoms with E-state index >= 15 is 0 Å². The molecule has 2 heterocycles. The molecule has 2 amide bonds. The van der Waals surface area contributed by atoms with Gasteiger partial charge in [0, 0.05) is 59.4 Å². The Balaban J connectivity index is 0.000000276. The van der Waals surface area contributed by atoms with Gasteiger partial charge < -0.3 is 26.2 Å². The van der Waals surface area contributed by atoms with Crippen molar-refractivity contribution in [2.75, 3.05) is 36.8 Å². The number of carbonyl (C=O) groups excluding carboxylic acids is 2. The summed E-state index contributed by atoms with van der Waals surface area (Å²) in [5, 5.41) is 25.5. The lowest BCUT2D eigenvalue weighted by Gasteiger charge is -2.28. The van der Waals surface area contributed by atoms with Gasteiger partial charge in [-0.1, -0.05) is 7.43 Å². The van der Waals surface area contributed by atoms with Gasteiger partial charge in [0.2, 0.25) is 10.0 Å². The van der Waals surface area contributed by atoms with Crippen LogP contribution in [-0.2, 0) is 19.1 Å². The topological polar surface area (TPSA) is 182 Å². The third-order valence-electron chi connectivity index (χ3n) is 8.50. The van der Waals surface area contributed by atoms with E-state index in [1.807, 2.05) is 10.6 Å². The van der Waals surface area contributed by atoms with Crippen molar-refractivity contribution in [1.82, 2.24) is 9.62 Å². The molecule has 0 radical (unpaired) electrons. The van der Waals surface area contributed by atoms with Crippen molar-refractivity contribution in [1.29, 1.82) is 0 Å². The van der Waals surface area contributed by atoms with E-state index in [0.29, 0.717) is 36.4 Å². The number of nitrogens with one attached hydrogen (secondary N) is 3. The van der Waals surface area contributed by atoms with Crippen LogP contribution in [0.5, 0.6) is 0 Å². The zero-order valence-electron chi connectivity index (χ0n) is 30.1. The maximum atomic E-state index is 14.1. The monoisotopic (exact) mass is 916 g/mol. The molecule has 0 bridgehead atoms. The van der Waals surface area contributed by atoms with Crippen molar-refractivity contribution in [2.24, 2.45) is 0 Å². The SMILES string of the molecule is C.O=C(Nc1cc(F)c(F)c(F)c1)c1cc(S(=O)(=O)Cl)ccc1F.O=C(Nc1cc(F)c(F)c(F)c1)c1cc(S(=O)(=O)N2CCC(O)CC2)ccc1F.OC1CCNCC1. The van der Waals surface area contributed by atoms with Crippen LogP contribution in [0.1, 0.15) is 53.8 Å². The van der Waals surface area contributed by atoms with Crippen LogP contribution in [0, 0.1) is 46.5 Å². The first kappa shape index (κ1) is 49.7. The zero-order valence-corrected chi connectivity index (χ0v) is 32.5. The van der Waals surface area contributed by atoms with Crippen LogP contribution in [0.25, 0.3) is 0 Å². The Hall–Kier alpha value is -4.71. The zero-order chi connectivity index (χ0) is 43.8. The molecule has 0 aliphatic carbocycles. The molecule has 5 N–H and O–H groups in total. The Morgan fingerprint density at radius 3 is 1.33 bits per heavy atom. The summed E-state index contributed by atoms with van der Waals surface area (Å²) in [5.74, 6) is -14.2. The van der Waals surface area contributed by atoms with Crippen molar-refractivity contribution in [3.05, 3.63) is 118 Å². The molecule has 4 aromatic rings. The lowest BCUT2D eigenvalue weighted by molar-refractivity contribution is 0.101. The van der Waals surface area contributed by atoms with E-state index in [1.54, 1.807) is 0 Å². The van der Waals surface area contributed by atoms with Crippen molar-refractivity contribution in [3.63, 3.8) is 0 Å². The van der Waals surface area contributed by atoms with Crippen molar-refractivity contribution >= 4 is 52.9 Å². The van der Waals surface area contributed by atoms with Crippen LogP contribution in [-0.4, -0.2) is 81.6 Å². The number of aliphatic hydroxyl groups excluding tert-OH is 2. The van der Waals surface area contributed by atoms with Crippen LogP contribution >= 0.6 is 10.7 Å². The number of hydrogen-bond donors (Lipinski definition) is 5. The minimum Gasteiger partial charge on any atom is -0.393 e. The number of anilines is 2. The standard InChI is InChI=1S/C18H16F4N2O4S.C13H6ClF4NO3S.C5H11NO.CH4/c19-14-2-1-12(29(27,28)24-5-3-11(25)4-6-24)9-13(14)18(26)23-10-7-15(20)17(22)16(21)8-10;14-23(21,22)7-1-2-9(15)8(5-7)13(20)19-6-3-10(16)12(18)11(17)4-6;7-5-1-3-6-4-2-5;/h1-2,7-9,11,25H,3-6H2,(H,23,26);1-5H,(H,19,20);5-7H,1-4H2;1H4. The smallest absolute Gasteiger partial charge is 0.261 e. The Morgan fingerprint density at radius 2 is 0.967 bits per heavy atom. The quantitative estimate of drug-likeness (QED) is 0.0793. The van der Waals surface area contributed by atoms with Gasteiger partial charge in [0.1, 0.15) is 11.6 Å². The molecule has 6 rings (SSSR count). The molecule has 4 aromatic carbocycles. The van der Waals surface area contributed by atoms with Crippen LogP contribution in [0.2, 0.25) is 0 Å². The highest BCUT2D eigenvalue weighted by Crippen LogP contribution is 2.25. The number of rotatable bonds is 7. The Kier molecular flexibility index (Phi) is 17.5. The van der Waals surface area contributed by atoms with Crippen LogP contribution in [0.4, 0.5) is 46.5 Å². The van der Waals surface area contributed by atoms with E-state index in [1.165, 1.54) is 0 Å². The molecule has 2 fully saturated rings. The van der Waals surface area contributed by atoms with Gasteiger partial charge >= 0.3 is 0 Å². The van der Waals surface area contributed by atoms with Crippen LogP contribution in [0.3, 0.4) is 0 Å². The Morgan fingerprint density at radius 1 is 0.600 bits per heavy atom. The minimum atomic E-state index is -4.21. The van der Waals surface area contributed by atoms with E-state index < -0.39 is 111 Å². The highest BCUT2D eigenvalue weighted by molar-refractivity contribution is 8.13. The maximum Gasteiger partial charge on any atom is 0.261 e. The van der Waals surface area contributed by atoms with Crippen molar-refractivity contribution < 1.29 is 71.8 Å². The highest BCUT2D eigenvalue weighted by atomic mass is 35.7. The summed E-state index contributed by atoms with van der Waals surface area (Å²) < 4.78 is 155. The molecule has 2 aliphatic rings. The lowest BCUT2D eigenvalue weighted by Crippen LogP contribution is -2.40. The first-order valence-corrected chi connectivity index (χ1v) is 20.9. The molecule has 0 aromatic heterocycles. The fourth-order valence-corrected chi connectivity index (χ4v) is 7.63. The first-order chi connectivity index (χ1) is 27.6. The van der Waals surface area contributed by atoms with Gasteiger partial charge in [0.05, 0.1) is 33.1 Å². The van der Waals surface area contributed by atoms with Crippen LogP contribution in [0.15, 0.2) is 70.5 Å². The molecule has 0 unspecified atom stereocenters. The van der Waals surface area contributed by atoms with Gasteiger partial charge in [-0.15, -0.1) is 0 Å². The molecule has 0 saturated carbocycles. The van der Waals surface area contributed by atoms with E-state index in [-0.39, 0.29) is 44.4 Å². The molecule has 328 valence electrons. The van der Waals surface area contributed by atoms with Crippen LogP contribution < -0.4 is 16.0 Å².